The van der Waals surface area contributed by atoms with Gasteiger partial charge in [0.25, 0.3) is 5.19 Å². The fourth-order valence-electron chi connectivity index (χ4n) is 4.08. The third-order valence-corrected chi connectivity index (χ3v) is 6.95. The third-order valence-electron chi connectivity index (χ3n) is 6.04. The van der Waals surface area contributed by atoms with Crippen molar-refractivity contribution in [3.8, 4) is 10.9 Å². The lowest BCUT2D eigenvalue weighted by atomic mass is 10.1. The number of thiazole rings is 1. The quantitative estimate of drug-likeness (QED) is 0.198. The molecule has 4 rings (SSSR count). The maximum Gasteiger partial charge on any atom is 0.305 e. The van der Waals surface area contributed by atoms with E-state index in [0.717, 1.165) is 54.4 Å². The first-order valence-corrected chi connectivity index (χ1v) is 13.0. The first kappa shape index (κ1) is 23.7. The summed E-state index contributed by atoms with van der Waals surface area (Å²) in [6.07, 6.45) is 8.70. The minimum atomic E-state index is -0.0615. The molecule has 0 radical (unpaired) electrons. The van der Waals surface area contributed by atoms with Gasteiger partial charge >= 0.3 is 5.97 Å². The van der Waals surface area contributed by atoms with E-state index in [-0.39, 0.29) is 5.97 Å². The van der Waals surface area contributed by atoms with Gasteiger partial charge in [0.15, 0.2) is 0 Å². The van der Waals surface area contributed by atoms with Crippen molar-refractivity contribution in [3.63, 3.8) is 0 Å². The maximum atomic E-state index is 11.4. The molecule has 3 aromatic rings. The number of hydrogen-bond donors (Lipinski definition) is 0. The van der Waals surface area contributed by atoms with Crippen LogP contribution in [0.25, 0.3) is 10.2 Å². The Hall–Kier alpha value is -2.44. The second kappa shape index (κ2) is 12.1. The van der Waals surface area contributed by atoms with Crippen molar-refractivity contribution in [3.05, 3.63) is 54.1 Å². The summed E-state index contributed by atoms with van der Waals surface area (Å²) in [6.45, 7) is 4.60. The number of aromatic nitrogens is 1. The molecule has 0 unspecified atom stereocenters. The number of esters is 1. The van der Waals surface area contributed by atoms with E-state index in [1.54, 1.807) is 11.3 Å². The van der Waals surface area contributed by atoms with Crippen LogP contribution in [0.2, 0.25) is 0 Å². The summed E-state index contributed by atoms with van der Waals surface area (Å²) in [4.78, 5) is 18.6. The van der Waals surface area contributed by atoms with Gasteiger partial charge in [-0.05, 0) is 75.4 Å². The first-order valence-electron chi connectivity index (χ1n) is 12.2. The first-order chi connectivity index (χ1) is 16.2. The lowest BCUT2D eigenvalue weighted by molar-refractivity contribution is -0.143. The molecule has 0 bridgehead atoms. The number of unbranched alkanes of at least 4 members (excludes halogenated alkanes) is 3. The predicted octanol–water partition coefficient (Wildman–Crippen LogP) is 6.61. The van der Waals surface area contributed by atoms with Crippen LogP contribution < -0.4 is 4.74 Å². The zero-order valence-corrected chi connectivity index (χ0v) is 20.3. The summed E-state index contributed by atoms with van der Waals surface area (Å²) in [5.74, 6) is 0.772. The fraction of sp³-hybridized carbons (Fsp3) is 0.481. The van der Waals surface area contributed by atoms with Crippen LogP contribution in [0.1, 0.15) is 57.4 Å². The number of nitrogens with zero attached hydrogens (tertiary/aromatic N) is 2. The van der Waals surface area contributed by atoms with E-state index in [1.807, 2.05) is 37.3 Å². The SMILES string of the molecule is CCOC(=O)CCCCCCN(CCc1ccc(Oc2nc3ccccc3s2)cc1)C1CC1. The molecule has 2 aromatic carbocycles. The monoisotopic (exact) mass is 466 g/mol. The molecule has 0 aliphatic heterocycles. The number of benzene rings is 2. The minimum absolute atomic E-state index is 0.0615. The van der Waals surface area contributed by atoms with E-state index in [4.69, 9.17) is 9.47 Å². The van der Waals surface area contributed by atoms with Crippen molar-refractivity contribution in [2.24, 2.45) is 0 Å². The molecule has 33 heavy (non-hydrogen) atoms. The minimum Gasteiger partial charge on any atom is -0.466 e. The highest BCUT2D eigenvalue weighted by atomic mass is 32.1. The van der Waals surface area contributed by atoms with Crippen molar-refractivity contribution < 1.29 is 14.3 Å². The molecule has 6 heteroatoms. The summed E-state index contributed by atoms with van der Waals surface area (Å²) in [7, 11) is 0. The van der Waals surface area contributed by atoms with Crippen molar-refractivity contribution >= 4 is 27.5 Å². The summed E-state index contributed by atoms with van der Waals surface area (Å²) < 4.78 is 12.1. The van der Waals surface area contributed by atoms with Gasteiger partial charge in [-0.1, -0.05) is 48.4 Å². The Morgan fingerprint density at radius 2 is 1.82 bits per heavy atom. The Balaban J connectivity index is 1.17. The number of carbonyl (C=O) groups is 1. The predicted molar refractivity (Wildman–Crippen MR) is 134 cm³/mol. The summed E-state index contributed by atoms with van der Waals surface area (Å²) in [5, 5.41) is 0.686. The second-order valence-corrected chi connectivity index (χ2v) is 9.67. The largest absolute Gasteiger partial charge is 0.466 e. The van der Waals surface area contributed by atoms with Gasteiger partial charge in [-0.25, -0.2) is 4.98 Å². The van der Waals surface area contributed by atoms with Gasteiger partial charge in [-0.3, -0.25) is 4.79 Å². The Morgan fingerprint density at radius 1 is 1.03 bits per heavy atom. The van der Waals surface area contributed by atoms with Crippen LogP contribution in [0, 0.1) is 0 Å². The van der Waals surface area contributed by atoms with Crippen LogP contribution in [0.3, 0.4) is 0 Å². The molecule has 0 saturated heterocycles. The van der Waals surface area contributed by atoms with Gasteiger partial charge < -0.3 is 14.4 Å². The van der Waals surface area contributed by atoms with E-state index in [1.165, 1.54) is 31.2 Å². The van der Waals surface area contributed by atoms with Crippen LogP contribution in [-0.2, 0) is 16.0 Å². The molecular formula is C27H34N2O3S. The van der Waals surface area contributed by atoms with Crippen LogP contribution >= 0.6 is 11.3 Å². The molecule has 1 aliphatic rings. The molecule has 5 nitrogen and oxygen atoms in total. The van der Waals surface area contributed by atoms with Crippen molar-refractivity contribution in [1.82, 2.24) is 9.88 Å². The Morgan fingerprint density at radius 3 is 2.58 bits per heavy atom. The number of hydrogen-bond acceptors (Lipinski definition) is 6. The molecule has 1 aliphatic carbocycles. The number of carbonyl (C=O) groups excluding carboxylic acids is 1. The average molecular weight is 467 g/mol. The lowest BCUT2D eigenvalue weighted by Gasteiger charge is -2.22. The highest BCUT2D eigenvalue weighted by Gasteiger charge is 2.28. The number of rotatable bonds is 14. The molecule has 1 heterocycles. The van der Waals surface area contributed by atoms with E-state index < -0.39 is 0 Å². The summed E-state index contributed by atoms with van der Waals surface area (Å²) in [5.41, 5.74) is 2.32. The summed E-state index contributed by atoms with van der Waals surface area (Å²) in [6, 6.07) is 17.3. The number of para-hydroxylation sites is 1. The number of ether oxygens (including phenoxy) is 2. The number of fused-ring (bicyclic) bond motifs is 1. The van der Waals surface area contributed by atoms with Crippen LogP contribution in [-0.4, -0.2) is 41.6 Å². The van der Waals surface area contributed by atoms with Crippen molar-refractivity contribution in [2.45, 2.75) is 64.3 Å². The van der Waals surface area contributed by atoms with Gasteiger partial charge in [-0.2, -0.15) is 0 Å². The summed E-state index contributed by atoms with van der Waals surface area (Å²) >= 11 is 1.57. The average Bonchev–Trinajstić information content (AvgIpc) is 3.58. The topological polar surface area (TPSA) is 51.7 Å². The molecule has 0 spiro atoms. The third kappa shape index (κ3) is 7.54. The van der Waals surface area contributed by atoms with Crippen molar-refractivity contribution in [2.75, 3.05) is 19.7 Å². The van der Waals surface area contributed by atoms with Crippen LogP contribution in [0.15, 0.2) is 48.5 Å². The molecule has 0 amide bonds. The van der Waals surface area contributed by atoms with E-state index in [2.05, 4.69) is 28.1 Å². The van der Waals surface area contributed by atoms with E-state index in [0.29, 0.717) is 18.2 Å². The van der Waals surface area contributed by atoms with Gasteiger partial charge in [0.2, 0.25) is 0 Å². The van der Waals surface area contributed by atoms with Gasteiger partial charge in [0, 0.05) is 19.0 Å². The molecule has 176 valence electrons. The molecule has 1 fully saturated rings. The molecule has 1 saturated carbocycles. The fourth-order valence-corrected chi connectivity index (χ4v) is 4.91. The highest BCUT2D eigenvalue weighted by Crippen LogP contribution is 2.31. The normalized spacial score (nSPS) is 13.5. The lowest BCUT2D eigenvalue weighted by Crippen LogP contribution is -2.29. The molecule has 0 N–H and O–H groups in total. The molecule has 1 aromatic heterocycles. The van der Waals surface area contributed by atoms with Crippen LogP contribution in [0.4, 0.5) is 0 Å². The Bertz CT molecular complexity index is 981. The zero-order chi connectivity index (χ0) is 22.9. The van der Waals surface area contributed by atoms with Gasteiger partial charge in [0.1, 0.15) is 5.75 Å². The molecule has 0 atom stereocenters. The highest BCUT2D eigenvalue weighted by molar-refractivity contribution is 7.20. The Kier molecular flexibility index (Phi) is 8.72. The van der Waals surface area contributed by atoms with E-state index in [9.17, 15) is 4.79 Å². The van der Waals surface area contributed by atoms with Gasteiger partial charge in [0.05, 0.1) is 16.8 Å². The van der Waals surface area contributed by atoms with E-state index >= 15 is 0 Å². The zero-order valence-electron chi connectivity index (χ0n) is 19.5. The smallest absolute Gasteiger partial charge is 0.305 e. The Labute approximate surface area is 200 Å². The standard InChI is InChI=1S/C27H34N2O3S/c1-2-31-26(30)11-5-3-4-8-19-29(22-14-15-22)20-18-21-12-16-23(17-13-21)32-27-28-24-9-6-7-10-25(24)33-27/h6-7,9-10,12-13,16-17,22H,2-5,8,11,14-15,18-20H2,1H3. The maximum absolute atomic E-state index is 11.4. The van der Waals surface area contributed by atoms with Crippen LogP contribution in [0.5, 0.6) is 10.9 Å². The van der Waals surface area contributed by atoms with Gasteiger partial charge in [-0.15, -0.1) is 0 Å². The van der Waals surface area contributed by atoms with Crippen molar-refractivity contribution in [1.29, 1.82) is 0 Å². The second-order valence-electron chi connectivity index (χ2n) is 8.68. The molecular weight excluding hydrogens is 432 g/mol.